The lowest BCUT2D eigenvalue weighted by Crippen LogP contribution is -2.24. The number of phenols is 1. The van der Waals surface area contributed by atoms with Crippen molar-refractivity contribution in [3.63, 3.8) is 0 Å². The number of hydrazone groups is 1. The van der Waals surface area contributed by atoms with Gasteiger partial charge in [-0.25, -0.2) is 10.2 Å². The van der Waals surface area contributed by atoms with E-state index in [0.717, 1.165) is 0 Å². The van der Waals surface area contributed by atoms with Crippen molar-refractivity contribution >= 4 is 29.5 Å². The number of carbonyl (C=O) groups excluding carboxylic acids is 1. The Morgan fingerprint density at radius 2 is 2.14 bits per heavy atom. The smallest absolute Gasteiger partial charge is 0.339 e. The van der Waals surface area contributed by atoms with Crippen molar-refractivity contribution in [1.82, 2.24) is 5.43 Å². The van der Waals surface area contributed by atoms with Gasteiger partial charge in [-0.1, -0.05) is 17.7 Å². The molecule has 0 saturated carbocycles. The number of hydrogen-bond acceptors (Lipinski definition) is 4. The third-order valence-electron chi connectivity index (χ3n) is 2.67. The molecule has 0 heterocycles. The van der Waals surface area contributed by atoms with Crippen LogP contribution < -0.4 is 15.5 Å². The van der Waals surface area contributed by atoms with Crippen molar-refractivity contribution in [2.75, 3.05) is 12.4 Å². The third-order valence-corrected chi connectivity index (χ3v) is 2.90. The second kappa shape index (κ2) is 7.33. The molecule has 0 saturated heterocycles. The lowest BCUT2D eigenvalue weighted by atomic mass is 10.2. The largest absolute Gasteiger partial charge is 0.504 e. The van der Waals surface area contributed by atoms with Crippen molar-refractivity contribution in [1.29, 1.82) is 0 Å². The van der Waals surface area contributed by atoms with E-state index in [9.17, 15) is 9.90 Å². The van der Waals surface area contributed by atoms with Gasteiger partial charge in [-0.05, 0) is 42.0 Å². The van der Waals surface area contributed by atoms with Gasteiger partial charge in [0.05, 0.1) is 13.3 Å². The van der Waals surface area contributed by atoms with Gasteiger partial charge in [-0.15, -0.1) is 0 Å². The van der Waals surface area contributed by atoms with Crippen LogP contribution in [-0.4, -0.2) is 24.5 Å². The molecule has 0 aliphatic rings. The number of phenolic OH excluding ortho intramolecular Hbond substituents is 1. The van der Waals surface area contributed by atoms with Gasteiger partial charge in [0, 0.05) is 10.7 Å². The molecule has 0 aromatic heterocycles. The van der Waals surface area contributed by atoms with Gasteiger partial charge in [-0.3, -0.25) is 0 Å². The molecule has 0 fully saturated rings. The minimum atomic E-state index is -0.496. The van der Waals surface area contributed by atoms with E-state index in [2.05, 4.69) is 15.8 Å². The molecule has 6 nitrogen and oxygen atoms in total. The summed E-state index contributed by atoms with van der Waals surface area (Å²) in [5.41, 5.74) is 3.55. The maximum absolute atomic E-state index is 11.6. The summed E-state index contributed by atoms with van der Waals surface area (Å²) >= 11 is 5.82. The molecule has 22 heavy (non-hydrogen) atoms. The summed E-state index contributed by atoms with van der Waals surface area (Å²) < 4.78 is 4.98. The van der Waals surface area contributed by atoms with Crippen LogP contribution in [0.1, 0.15) is 5.56 Å². The molecular weight excluding hydrogens is 306 g/mol. The number of benzene rings is 2. The second-order valence-corrected chi connectivity index (χ2v) is 4.70. The highest BCUT2D eigenvalue weighted by atomic mass is 35.5. The molecule has 3 N–H and O–H groups in total. The van der Waals surface area contributed by atoms with E-state index in [-0.39, 0.29) is 5.75 Å². The van der Waals surface area contributed by atoms with Gasteiger partial charge in [0.25, 0.3) is 0 Å². The molecule has 7 heteroatoms. The molecule has 0 bridgehead atoms. The fourth-order valence-electron chi connectivity index (χ4n) is 1.67. The van der Waals surface area contributed by atoms with E-state index < -0.39 is 6.03 Å². The number of nitrogens with zero attached hydrogens (tertiary/aromatic N) is 1. The first kappa shape index (κ1) is 15.7. The standard InChI is InChI=1S/C15H14ClN3O3/c1-22-14-7-10(5-6-13(14)20)9-17-19-15(21)18-12-4-2-3-11(16)8-12/h2-9,20H,1H3,(H2,18,19,21)/b17-9+. The monoisotopic (exact) mass is 319 g/mol. The number of urea groups is 1. The van der Waals surface area contributed by atoms with E-state index in [4.69, 9.17) is 16.3 Å². The van der Waals surface area contributed by atoms with E-state index in [1.54, 1.807) is 36.4 Å². The van der Waals surface area contributed by atoms with Gasteiger partial charge < -0.3 is 15.2 Å². The first-order valence-corrected chi connectivity index (χ1v) is 6.69. The van der Waals surface area contributed by atoms with Gasteiger partial charge in [0.15, 0.2) is 11.5 Å². The summed E-state index contributed by atoms with van der Waals surface area (Å²) in [5.74, 6) is 0.360. The Balaban J connectivity index is 1.93. The summed E-state index contributed by atoms with van der Waals surface area (Å²) in [6.45, 7) is 0. The molecule has 2 aromatic rings. The Morgan fingerprint density at radius 1 is 1.32 bits per heavy atom. The highest BCUT2D eigenvalue weighted by Gasteiger charge is 2.02. The van der Waals surface area contributed by atoms with Crippen LogP contribution in [0.3, 0.4) is 0 Å². The van der Waals surface area contributed by atoms with Crippen molar-refractivity contribution in [3.05, 3.63) is 53.1 Å². The van der Waals surface area contributed by atoms with E-state index in [0.29, 0.717) is 22.0 Å². The molecule has 0 radical (unpaired) electrons. The summed E-state index contributed by atoms with van der Waals surface area (Å²) in [6.07, 6.45) is 1.43. The zero-order valence-corrected chi connectivity index (χ0v) is 12.5. The number of rotatable bonds is 4. The molecule has 0 spiro atoms. The zero-order valence-electron chi connectivity index (χ0n) is 11.7. The normalized spacial score (nSPS) is 10.5. The van der Waals surface area contributed by atoms with E-state index in [1.807, 2.05) is 0 Å². The Bertz CT molecular complexity index is 704. The van der Waals surface area contributed by atoms with Crippen LogP contribution in [-0.2, 0) is 0 Å². The topological polar surface area (TPSA) is 83.0 Å². The number of methoxy groups -OCH3 is 1. The number of halogens is 1. The molecular formula is C15H14ClN3O3. The Hall–Kier alpha value is -2.73. The summed E-state index contributed by atoms with van der Waals surface area (Å²) in [7, 11) is 1.45. The maximum Gasteiger partial charge on any atom is 0.339 e. The molecule has 2 rings (SSSR count). The van der Waals surface area contributed by atoms with Gasteiger partial charge in [0.1, 0.15) is 0 Å². The number of nitrogens with one attached hydrogen (secondary N) is 2. The molecule has 0 unspecified atom stereocenters. The van der Waals surface area contributed by atoms with Gasteiger partial charge in [0.2, 0.25) is 0 Å². The van der Waals surface area contributed by atoms with Crippen LogP contribution in [0.4, 0.5) is 10.5 Å². The van der Waals surface area contributed by atoms with Crippen molar-refractivity contribution in [2.45, 2.75) is 0 Å². The van der Waals surface area contributed by atoms with Gasteiger partial charge in [-0.2, -0.15) is 5.10 Å². The Labute approximate surface area is 132 Å². The van der Waals surface area contributed by atoms with Crippen molar-refractivity contribution in [3.8, 4) is 11.5 Å². The second-order valence-electron chi connectivity index (χ2n) is 4.27. The van der Waals surface area contributed by atoms with Crippen LogP contribution in [0, 0.1) is 0 Å². The zero-order chi connectivity index (χ0) is 15.9. The minimum Gasteiger partial charge on any atom is -0.504 e. The highest BCUT2D eigenvalue weighted by molar-refractivity contribution is 6.30. The third kappa shape index (κ3) is 4.39. The molecule has 2 amide bonds. The molecule has 2 aromatic carbocycles. The summed E-state index contributed by atoms with van der Waals surface area (Å²) in [6, 6.07) is 11.0. The quantitative estimate of drug-likeness (QED) is 0.597. The Kier molecular flexibility index (Phi) is 5.21. The van der Waals surface area contributed by atoms with Gasteiger partial charge >= 0.3 is 6.03 Å². The SMILES string of the molecule is COc1cc(/C=N/NC(=O)Nc2cccc(Cl)c2)ccc1O. The molecule has 114 valence electrons. The molecule has 0 aliphatic heterocycles. The average molecular weight is 320 g/mol. The maximum atomic E-state index is 11.6. The molecule has 0 atom stereocenters. The number of hydrogen-bond donors (Lipinski definition) is 3. The van der Waals surface area contributed by atoms with Crippen molar-refractivity contribution < 1.29 is 14.6 Å². The number of amides is 2. The predicted molar refractivity (Wildman–Crippen MR) is 85.9 cm³/mol. The predicted octanol–water partition coefficient (Wildman–Crippen LogP) is 3.21. The first-order chi connectivity index (χ1) is 10.6. The summed E-state index contributed by atoms with van der Waals surface area (Å²) in [4.78, 5) is 11.6. The van der Waals surface area contributed by atoms with E-state index >= 15 is 0 Å². The fraction of sp³-hybridized carbons (Fsp3) is 0.0667. The van der Waals surface area contributed by atoms with Crippen LogP contribution in [0.2, 0.25) is 5.02 Å². The fourth-order valence-corrected chi connectivity index (χ4v) is 1.86. The Morgan fingerprint density at radius 3 is 2.86 bits per heavy atom. The number of ether oxygens (including phenoxy) is 1. The van der Waals surface area contributed by atoms with Crippen LogP contribution in [0.25, 0.3) is 0 Å². The minimum absolute atomic E-state index is 0.0336. The highest BCUT2D eigenvalue weighted by Crippen LogP contribution is 2.25. The van der Waals surface area contributed by atoms with E-state index in [1.165, 1.54) is 19.4 Å². The van der Waals surface area contributed by atoms with Crippen LogP contribution in [0.15, 0.2) is 47.6 Å². The lowest BCUT2D eigenvalue weighted by Gasteiger charge is -2.05. The summed E-state index contributed by atoms with van der Waals surface area (Å²) in [5, 5.41) is 16.4. The first-order valence-electron chi connectivity index (χ1n) is 6.31. The van der Waals surface area contributed by atoms with Crippen LogP contribution >= 0.6 is 11.6 Å². The average Bonchev–Trinajstić information content (AvgIpc) is 2.49. The number of aromatic hydroxyl groups is 1. The number of carbonyl (C=O) groups is 1. The lowest BCUT2D eigenvalue weighted by molar-refractivity contribution is 0.252. The van der Waals surface area contributed by atoms with Crippen molar-refractivity contribution in [2.24, 2.45) is 5.10 Å². The number of anilines is 1. The molecule has 0 aliphatic carbocycles. The van der Waals surface area contributed by atoms with Crippen LogP contribution in [0.5, 0.6) is 11.5 Å².